The highest BCUT2D eigenvalue weighted by Crippen LogP contribution is 2.39. The van der Waals surface area contributed by atoms with Gasteiger partial charge in [0.15, 0.2) is 0 Å². The predicted molar refractivity (Wildman–Crippen MR) is 92.0 cm³/mol. The average molecular weight is 330 g/mol. The topological polar surface area (TPSA) is 51.2 Å². The Labute approximate surface area is 140 Å². The van der Waals surface area contributed by atoms with E-state index in [-0.39, 0.29) is 17.6 Å². The Hall–Kier alpha value is -1.46. The third kappa shape index (κ3) is 3.00. The van der Waals surface area contributed by atoms with Crippen molar-refractivity contribution in [2.24, 2.45) is 0 Å². The molecule has 1 saturated heterocycles. The molecule has 1 aromatic heterocycles. The van der Waals surface area contributed by atoms with Crippen molar-refractivity contribution in [2.45, 2.75) is 57.1 Å². The number of nitrogens with zero attached hydrogens (tertiary/aromatic N) is 1. The molecule has 1 aliphatic heterocycles. The molecular formula is C18H22N2O2S. The number of aryl methyl sites for hydroxylation is 1. The van der Waals surface area contributed by atoms with Crippen LogP contribution in [0.5, 0.6) is 0 Å². The SMILES string of the molecule is Cc1nc2cc(C(=O)NC3COC4(CCCCC4)C3)ccc2s1. The van der Waals surface area contributed by atoms with Crippen LogP contribution < -0.4 is 5.32 Å². The van der Waals surface area contributed by atoms with Crippen LogP contribution in [0.1, 0.15) is 53.9 Å². The second-order valence-electron chi connectivity index (χ2n) is 6.84. The van der Waals surface area contributed by atoms with Gasteiger partial charge in [-0.15, -0.1) is 11.3 Å². The molecule has 1 amide bonds. The summed E-state index contributed by atoms with van der Waals surface area (Å²) in [5, 5.41) is 4.18. The summed E-state index contributed by atoms with van der Waals surface area (Å²) in [5.74, 6) is -0.0148. The summed E-state index contributed by atoms with van der Waals surface area (Å²) in [7, 11) is 0. The van der Waals surface area contributed by atoms with E-state index in [1.54, 1.807) is 11.3 Å². The Morgan fingerprint density at radius 1 is 1.35 bits per heavy atom. The van der Waals surface area contributed by atoms with E-state index in [0.29, 0.717) is 12.2 Å². The van der Waals surface area contributed by atoms with Gasteiger partial charge >= 0.3 is 0 Å². The molecule has 1 atom stereocenters. The third-order valence-corrected chi connectivity index (χ3v) is 6.02. The monoisotopic (exact) mass is 330 g/mol. The lowest BCUT2D eigenvalue weighted by atomic mass is 9.82. The molecule has 5 heteroatoms. The fraction of sp³-hybridized carbons (Fsp3) is 0.556. The number of carbonyl (C=O) groups is 1. The molecule has 0 bridgehead atoms. The number of hydrogen-bond acceptors (Lipinski definition) is 4. The quantitative estimate of drug-likeness (QED) is 0.910. The first kappa shape index (κ1) is 15.1. The number of rotatable bonds is 2. The number of nitrogens with one attached hydrogen (secondary N) is 1. The van der Waals surface area contributed by atoms with E-state index in [0.717, 1.165) is 34.5 Å². The molecule has 2 aliphatic rings. The minimum Gasteiger partial charge on any atom is -0.373 e. The molecule has 4 nitrogen and oxygen atoms in total. The summed E-state index contributed by atoms with van der Waals surface area (Å²) in [6.45, 7) is 2.63. The maximum absolute atomic E-state index is 12.5. The zero-order valence-electron chi connectivity index (χ0n) is 13.4. The van der Waals surface area contributed by atoms with Gasteiger partial charge in [-0.25, -0.2) is 4.98 Å². The standard InChI is InChI=1S/C18H22N2O2S/c1-12-19-15-9-13(5-6-16(15)23-12)17(21)20-14-10-18(22-11-14)7-3-2-4-8-18/h5-6,9,14H,2-4,7-8,10-11H2,1H3,(H,20,21). The van der Waals surface area contributed by atoms with E-state index >= 15 is 0 Å². The molecule has 1 aliphatic carbocycles. The molecule has 4 rings (SSSR count). The Kier molecular flexibility index (Phi) is 3.85. The van der Waals surface area contributed by atoms with Gasteiger partial charge in [0.25, 0.3) is 5.91 Å². The molecular weight excluding hydrogens is 308 g/mol. The van der Waals surface area contributed by atoms with Crippen molar-refractivity contribution in [3.05, 3.63) is 28.8 Å². The fourth-order valence-electron chi connectivity index (χ4n) is 3.93. The number of hydrogen-bond donors (Lipinski definition) is 1. The van der Waals surface area contributed by atoms with Gasteiger partial charge < -0.3 is 10.1 Å². The molecule has 2 heterocycles. The summed E-state index contributed by atoms with van der Waals surface area (Å²) in [5.41, 5.74) is 1.63. The Bertz CT molecular complexity index is 734. The summed E-state index contributed by atoms with van der Waals surface area (Å²) in [6.07, 6.45) is 7.06. The zero-order valence-corrected chi connectivity index (χ0v) is 14.2. The summed E-state index contributed by atoms with van der Waals surface area (Å²) in [6, 6.07) is 5.90. The largest absolute Gasteiger partial charge is 0.373 e. The van der Waals surface area contributed by atoms with Gasteiger partial charge in [-0.1, -0.05) is 19.3 Å². The second-order valence-corrected chi connectivity index (χ2v) is 8.08. The van der Waals surface area contributed by atoms with Crippen molar-refractivity contribution in [3.63, 3.8) is 0 Å². The van der Waals surface area contributed by atoms with Crippen LogP contribution in [-0.2, 0) is 4.74 Å². The van der Waals surface area contributed by atoms with E-state index in [1.165, 1.54) is 19.3 Å². The molecule has 2 aromatic rings. The van der Waals surface area contributed by atoms with Gasteiger partial charge in [0.1, 0.15) is 0 Å². The molecule has 23 heavy (non-hydrogen) atoms. The summed E-state index contributed by atoms with van der Waals surface area (Å²) >= 11 is 1.66. The number of ether oxygens (including phenoxy) is 1. The van der Waals surface area contributed by atoms with Gasteiger partial charge in [0.2, 0.25) is 0 Å². The molecule has 1 aromatic carbocycles. The molecule has 1 saturated carbocycles. The van der Waals surface area contributed by atoms with Crippen LogP contribution in [0.25, 0.3) is 10.2 Å². The zero-order chi connectivity index (χ0) is 15.9. The van der Waals surface area contributed by atoms with E-state index in [4.69, 9.17) is 4.74 Å². The smallest absolute Gasteiger partial charge is 0.251 e. The first-order valence-electron chi connectivity index (χ1n) is 8.46. The van der Waals surface area contributed by atoms with E-state index in [2.05, 4.69) is 10.3 Å². The van der Waals surface area contributed by atoms with Gasteiger partial charge in [-0.05, 0) is 44.4 Å². The minimum absolute atomic E-state index is 0.0148. The van der Waals surface area contributed by atoms with Crippen molar-refractivity contribution in [1.29, 1.82) is 0 Å². The summed E-state index contributed by atoms with van der Waals surface area (Å²) in [4.78, 5) is 17.0. The van der Waals surface area contributed by atoms with Gasteiger partial charge in [0.05, 0.1) is 33.5 Å². The van der Waals surface area contributed by atoms with Crippen molar-refractivity contribution in [3.8, 4) is 0 Å². The van der Waals surface area contributed by atoms with Crippen molar-refractivity contribution in [1.82, 2.24) is 10.3 Å². The molecule has 1 spiro atoms. The van der Waals surface area contributed by atoms with Crippen molar-refractivity contribution < 1.29 is 9.53 Å². The van der Waals surface area contributed by atoms with Crippen LogP contribution in [0.2, 0.25) is 0 Å². The normalized spacial score (nSPS) is 23.4. The van der Waals surface area contributed by atoms with Gasteiger partial charge in [0, 0.05) is 5.56 Å². The second kappa shape index (κ2) is 5.87. The molecule has 122 valence electrons. The number of carbonyl (C=O) groups excluding carboxylic acids is 1. The highest BCUT2D eigenvalue weighted by atomic mass is 32.1. The first-order valence-corrected chi connectivity index (χ1v) is 9.27. The number of fused-ring (bicyclic) bond motifs is 1. The molecule has 2 fully saturated rings. The maximum Gasteiger partial charge on any atom is 0.251 e. The van der Waals surface area contributed by atoms with Crippen LogP contribution in [-0.4, -0.2) is 29.1 Å². The van der Waals surface area contributed by atoms with Crippen molar-refractivity contribution in [2.75, 3.05) is 6.61 Å². The van der Waals surface area contributed by atoms with Gasteiger partial charge in [-0.3, -0.25) is 4.79 Å². The van der Waals surface area contributed by atoms with Crippen LogP contribution in [0, 0.1) is 6.92 Å². The highest BCUT2D eigenvalue weighted by molar-refractivity contribution is 7.18. The average Bonchev–Trinajstić information content (AvgIpc) is 3.10. The highest BCUT2D eigenvalue weighted by Gasteiger charge is 2.41. The minimum atomic E-state index is -0.0148. The summed E-state index contributed by atoms with van der Waals surface area (Å²) < 4.78 is 7.21. The van der Waals surface area contributed by atoms with Crippen LogP contribution >= 0.6 is 11.3 Å². The maximum atomic E-state index is 12.5. The molecule has 0 radical (unpaired) electrons. The number of thiazole rings is 1. The first-order chi connectivity index (χ1) is 11.1. The number of benzene rings is 1. The van der Waals surface area contributed by atoms with E-state index < -0.39 is 0 Å². The number of aromatic nitrogens is 1. The van der Waals surface area contributed by atoms with Crippen LogP contribution in [0.15, 0.2) is 18.2 Å². The lowest BCUT2D eigenvalue weighted by Crippen LogP contribution is -2.37. The van der Waals surface area contributed by atoms with Gasteiger partial charge in [-0.2, -0.15) is 0 Å². The predicted octanol–water partition coefficient (Wildman–Crippen LogP) is 3.83. The third-order valence-electron chi connectivity index (χ3n) is 5.07. The fourth-order valence-corrected chi connectivity index (χ4v) is 4.74. The molecule has 1 N–H and O–H groups in total. The van der Waals surface area contributed by atoms with Crippen molar-refractivity contribution >= 4 is 27.5 Å². The Morgan fingerprint density at radius 2 is 2.17 bits per heavy atom. The van der Waals surface area contributed by atoms with E-state index in [1.807, 2.05) is 25.1 Å². The lowest BCUT2D eigenvalue weighted by Gasteiger charge is -2.32. The van der Waals surface area contributed by atoms with Crippen LogP contribution in [0.3, 0.4) is 0 Å². The van der Waals surface area contributed by atoms with E-state index in [9.17, 15) is 4.79 Å². The molecule has 1 unspecified atom stereocenters. The number of amides is 1. The Balaban J connectivity index is 1.44. The lowest BCUT2D eigenvalue weighted by molar-refractivity contribution is -0.0246. The Morgan fingerprint density at radius 3 is 3.00 bits per heavy atom. The van der Waals surface area contributed by atoms with Crippen LogP contribution in [0.4, 0.5) is 0 Å².